The van der Waals surface area contributed by atoms with Gasteiger partial charge in [-0.2, -0.15) is 23.1 Å². The van der Waals surface area contributed by atoms with Gasteiger partial charge in [-0.05, 0) is 55.7 Å². The van der Waals surface area contributed by atoms with Gasteiger partial charge in [-0.15, -0.1) is 0 Å². The van der Waals surface area contributed by atoms with E-state index in [-0.39, 0.29) is 17.6 Å². The highest BCUT2D eigenvalue weighted by Crippen LogP contribution is 2.34. The van der Waals surface area contributed by atoms with E-state index >= 15 is 0 Å². The van der Waals surface area contributed by atoms with Crippen LogP contribution in [0.3, 0.4) is 0 Å². The lowest BCUT2D eigenvalue weighted by atomic mass is 9.96. The first-order chi connectivity index (χ1) is 15.3. The molecule has 2 aromatic heterocycles. The molecule has 1 aromatic carbocycles. The maximum atomic E-state index is 13.2. The molecule has 0 radical (unpaired) electrons. The SMILES string of the molecule is C[C@@H](CCc1nc(N[C@H](C)C2CC2)nc(-c2cccc(C(F)(F)F)n2)n1)c1ccccc1. The zero-order valence-electron chi connectivity index (χ0n) is 18.1. The number of hydrogen-bond acceptors (Lipinski definition) is 5. The minimum Gasteiger partial charge on any atom is -0.351 e. The second-order valence-electron chi connectivity index (χ2n) is 8.43. The van der Waals surface area contributed by atoms with Gasteiger partial charge in [-0.25, -0.2) is 9.97 Å². The van der Waals surface area contributed by atoms with Crippen LogP contribution in [-0.4, -0.2) is 26.0 Å². The molecule has 2 atom stereocenters. The Morgan fingerprint density at radius 1 is 0.938 bits per heavy atom. The molecule has 1 saturated carbocycles. The van der Waals surface area contributed by atoms with Crippen molar-refractivity contribution in [1.82, 2.24) is 19.9 Å². The average Bonchev–Trinajstić information content (AvgIpc) is 3.63. The van der Waals surface area contributed by atoms with Gasteiger partial charge in [0.05, 0.1) is 0 Å². The minimum absolute atomic E-state index is 0.0849. The first-order valence-electron chi connectivity index (χ1n) is 10.9. The van der Waals surface area contributed by atoms with E-state index in [1.54, 1.807) is 0 Å². The third-order valence-electron chi connectivity index (χ3n) is 5.81. The van der Waals surface area contributed by atoms with E-state index in [0.29, 0.717) is 30.0 Å². The van der Waals surface area contributed by atoms with Crippen LogP contribution in [0.25, 0.3) is 11.5 Å². The molecule has 5 nitrogen and oxygen atoms in total. The highest BCUT2D eigenvalue weighted by molar-refractivity contribution is 5.51. The van der Waals surface area contributed by atoms with Gasteiger partial charge in [0.15, 0.2) is 5.82 Å². The van der Waals surface area contributed by atoms with Crippen molar-refractivity contribution in [2.24, 2.45) is 5.92 Å². The number of nitrogens with zero attached hydrogens (tertiary/aromatic N) is 4. The second kappa shape index (κ2) is 9.22. The van der Waals surface area contributed by atoms with Crippen LogP contribution in [0.4, 0.5) is 19.1 Å². The van der Waals surface area contributed by atoms with Gasteiger partial charge in [-0.1, -0.05) is 43.3 Å². The monoisotopic (exact) mass is 441 g/mol. The summed E-state index contributed by atoms with van der Waals surface area (Å²) in [5, 5.41) is 3.31. The van der Waals surface area contributed by atoms with E-state index < -0.39 is 11.9 Å². The summed E-state index contributed by atoms with van der Waals surface area (Å²) in [6.07, 6.45) is -0.831. The molecule has 0 amide bonds. The first kappa shape index (κ1) is 22.2. The Morgan fingerprint density at radius 3 is 2.38 bits per heavy atom. The van der Waals surface area contributed by atoms with Crippen LogP contribution in [0.2, 0.25) is 0 Å². The molecule has 4 rings (SSSR count). The molecule has 0 unspecified atom stereocenters. The minimum atomic E-state index is -4.53. The van der Waals surface area contributed by atoms with Crippen LogP contribution in [0.5, 0.6) is 0 Å². The molecule has 3 aromatic rings. The van der Waals surface area contributed by atoms with Gasteiger partial charge in [0.1, 0.15) is 17.2 Å². The molecular formula is C24H26F3N5. The molecule has 8 heteroatoms. The van der Waals surface area contributed by atoms with Crippen molar-refractivity contribution in [3.8, 4) is 11.5 Å². The normalized spacial score (nSPS) is 15.9. The van der Waals surface area contributed by atoms with Crippen LogP contribution < -0.4 is 5.32 Å². The maximum Gasteiger partial charge on any atom is 0.433 e. The fraction of sp³-hybridized carbons (Fsp3) is 0.417. The Morgan fingerprint density at radius 2 is 1.69 bits per heavy atom. The number of halogens is 3. The number of anilines is 1. The van der Waals surface area contributed by atoms with E-state index in [4.69, 9.17) is 0 Å². The molecule has 1 aliphatic carbocycles. The van der Waals surface area contributed by atoms with Crippen LogP contribution in [0, 0.1) is 5.92 Å². The Hall–Kier alpha value is -3.03. The van der Waals surface area contributed by atoms with Crippen molar-refractivity contribution in [2.75, 3.05) is 5.32 Å². The second-order valence-corrected chi connectivity index (χ2v) is 8.43. The lowest BCUT2D eigenvalue weighted by molar-refractivity contribution is -0.141. The number of pyridine rings is 1. The van der Waals surface area contributed by atoms with Gasteiger partial charge in [0, 0.05) is 12.5 Å². The average molecular weight is 442 g/mol. The van der Waals surface area contributed by atoms with Crippen molar-refractivity contribution < 1.29 is 13.2 Å². The number of nitrogens with one attached hydrogen (secondary N) is 1. The largest absolute Gasteiger partial charge is 0.433 e. The zero-order chi connectivity index (χ0) is 22.7. The van der Waals surface area contributed by atoms with Crippen molar-refractivity contribution in [2.45, 2.75) is 57.7 Å². The van der Waals surface area contributed by atoms with E-state index in [2.05, 4.69) is 51.2 Å². The van der Waals surface area contributed by atoms with E-state index in [9.17, 15) is 13.2 Å². The zero-order valence-corrected chi connectivity index (χ0v) is 18.1. The van der Waals surface area contributed by atoms with Crippen molar-refractivity contribution in [3.05, 3.63) is 65.6 Å². The van der Waals surface area contributed by atoms with Crippen molar-refractivity contribution in [3.63, 3.8) is 0 Å². The van der Waals surface area contributed by atoms with E-state index in [1.165, 1.54) is 17.7 Å². The third-order valence-corrected chi connectivity index (χ3v) is 5.81. The van der Waals surface area contributed by atoms with Crippen LogP contribution >= 0.6 is 0 Å². The lowest BCUT2D eigenvalue weighted by Crippen LogP contribution is -2.20. The molecule has 1 N–H and O–H groups in total. The van der Waals surface area contributed by atoms with Gasteiger partial charge in [-0.3, -0.25) is 0 Å². The summed E-state index contributed by atoms with van der Waals surface area (Å²) in [6.45, 7) is 4.21. The molecule has 0 aliphatic heterocycles. The summed E-state index contributed by atoms with van der Waals surface area (Å²) in [7, 11) is 0. The molecule has 1 fully saturated rings. The van der Waals surface area contributed by atoms with Crippen LogP contribution in [0.1, 0.15) is 56.1 Å². The van der Waals surface area contributed by atoms with Gasteiger partial charge in [0.25, 0.3) is 0 Å². The Balaban J connectivity index is 1.60. The van der Waals surface area contributed by atoms with E-state index in [0.717, 1.165) is 25.3 Å². The Kier molecular flexibility index (Phi) is 6.39. The third kappa shape index (κ3) is 5.60. The molecule has 0 bridgehead atoms. The summed E-state index contributed by atoms with van der Waals surface area (Å²) in [5.74, 6) is 1.95. The number of rotatable bonds is 8. The van der Waals surface area contributed by atoms with E-state index in [1.807, 2.05) is 18.2 Å². The fourth-order valence-electron chi connectivity index (χ4n) is 3.64. The van der Waals surface area contributed by atoms with Gasteiger partial charge < -0.3 is 5.32 Å². The molecule has 0 spiro atoms. The Bertz CT molecular complexity index is 1050. The lowest BCUT2D eigenvalue weighted by Gasteiger charge is -2.15. The van der Waals surface area contributed by atoms with Crippen LogP contribution in [-0.2, 0) is 12.6 Å². The fourth-order valence-corrected chi connectivity index (χ4v) is 3.64. The maximum absolute atomic E-state index is 13.2. The summed E-state index contributed by atoms with van der Waals surface area (Å²) < 4.78 is 39.5. The summed E-state index contributed by atoms with van der Waals surface area (Å²) in [5.41, 5.74) is 0.347. The summed E-state index contributed by atoms with van der Waals surface area (Å²) in [6, 6.07) is 14.1. The highest BCUT2D eigenvalue weighted by atomic mass is 19.4. The highest BCUT2D eigenvalue weighted by Gasteiger charge is 2.33. The standard InChI is InChI=1S/C24H26F3N5/c1-15(17-7-4-3-5-8-17)11-14-21-30-22(19-9-6-10-20(29-19)24(25,26)27)32-23(31-21)28-16(2)18-12-13-18/h3-10,15-16,18H,11-14H2,1-2H3,(H,28,30,31,32)/t15-,16+/m0/s1. The number of hydrogen-bond donors (Lipinski definition) is 1. The first-order valence-corrected chi connectivity index (χ1v) is 10.9. The molecular weight excluding hydrogens is 415 g/mol. The molecule has 2 heterocycles. The van der Waals surface area contributed by atoms with Gasteiger partial charge >= 0.3 is 6.18 Å². The number of benzene rings is 1. The predicted octanol–water partition coefficient (Wildman–Crippen LogP) is 5.90. The van der Waals surface area contributed by atoms with Crippen molar-refractivity contribution >= 4 is 5.95 Å². The van der Waals surface area contributed by atoms with Crippen molar-refractivity contribution in [1.29, 1.82) is 0 Å². The Labute approximate surface area is 185 Å². The number of alkyl halides is 3. The quantitative estimate of drug-likeness (QED) is 0.472. The summed E-state index contributed by atoms with van der Waals surface area (Å²) >= 11 is 0. The predicted molar refractivity (Wildman–Crippen MR) is 117 cm³/mol. The topological polar surface area (TPSA) is 63.6 Å². The van der Waals surface area contributed by atoms with Crippen LogP contribution in [0.15, 0.2) is 48.5 Å². The summed E-state index contributed by atoms with van der Waals surface area (Å²) in [4.78, 5) is 17.2. The molecule has 32 heavy (non-hydrogen) atoms. The smallest absolute Gasteiger partial charge is 0.351 e. The molecule has 168 valence electrons. The molecule has 1 aliphatic rings. The number of aromatic nitrogens is 4. The number of aryl methyl sites for hydroxylation is 1. The van der Waals surface area contributed by atoms with Gasteiger partial charge in [0.2, 0.25) is 5.95 Å². The molecule has 0 saturated heterocycles.